The fraction of sp³-hybridized carbons (Fsp3) is 0.778. The van der Waals surface area contributed by atoms with Crippen LogP contribution < -0.4 is 0 Å². The van der Waals surface area contributed by atoms with Crippen molar-refractivity contribution < 1.29 is 19.1 Å². The average Bonchev–Trinajstić information content (AvgIpc) is 3.00. The lowest BCUT2D eigenvalue weighted by atomic mass is 10.1. The Labute approximate surface area is 258 Å². The van der Waals surface area contributed by atoms with Crippen molar-refractivity contribution in [2.75, 3.05) is 52.5 Å². The van der Waals surface area contributed by atoms with Crippen LogP contribution >= 0.6 is 0 Å². The second-order valence-electron chi connectivity index (χ2n) is 11.8. The van der Waals surface area contributed by atoms with Crippen LogP contribution in [0.25, 0.3) is 0 Å². The van der Waals surface area contributed by atoms with Crippen LogP contribution in [0.1, 0.15) is 151 Å². The molecule has 6 heteroatoms. The molecule has 0 radical (unpaired) electrons. The maximum Gasteiger partial charge on any atom is 0.338 e. The lowest BCUT2D eigenvalue weighted by Crippen LogP contribution is -2.27. The molecule has 0 atom stereocenters. The first-order valence-electron chi connectivity index (χ1n) is 17.4. The minimum Gasteiger partial charge on any atom is -0.462 e. The molecule has 0 N–H and O–H groups in total. The van der Waals surface area contributed by atoms with Crippen molar-refractivity contribution >= 4 is 11.9 Å². The Morgan fingerprint density at radius 2 is 0.810 bits per heavy atom. The van der Waals surface area contributed by atoms with Crippen LogP contribution in [-0.4, -0.2) is 74.2 Å². The highest BCUT2D eigenvalue weighted by atomic mass is 16.5. The van der Waals surface area contributed by atoms with Gasteiger partial charge in [-0.2, -0.15) is 0 Å². The molecule has 0 aliphatic heterocycles. The summed E-state index contributed by atoms with van der Waals surface area (Å²) in [5.74, 6) is -0.753. The lowest BCUT2D eigenvalue weighted by Gasteiger charge is -2.22. The summed E-state index contributed by atoms with van der Waals surface area (Å²) in [6.45, 7) is 16.6. The number of carbonyl (C=O) groups excluding carboxylic acids is 2. The molecule has 0 heterocycles. The number of unbranched alkanes of at least 4 members (excludes halogenated alkanes) is 10. The van der Waals surface area contributed by atoms with Gasteiger partial charge in [0.1, 0.15) is 0 Å². The predicted molar refractivity (Wildman–Crippen MR) is 176 cm³/mol. The molecule has 0 saturated carbocycles. The van der Waals surface area contributed by atoms with Gasteiger partial charge in [0.2, 0.25) is 0 Å². The van der Waals surface area contributed by atoms with Crippen molar-refractivity contribution in [3.8, 4) is 0 Å². The number of esters is 2. The summed E-state index contributed by atoms with van der Waals surface area (Å²) in [4.78, 5) is 30.4. The summed E-state index contributed by atoms with van der Waals surface area (Å²) in [6.07, 6.45) is 18.9. The maximum absolute atomic E-state index is 12.6. The Balaban J connectivity index is 2.36. The van der Waals surface area contributed by atoms with E-state index in [2.05, 4.69) is 37.5 Å². The molecule has 0 spiro atoms. The van der Waals surface area contributed by atoms with E-state index in [1.165, 1.54) is 77.0 Å². The predicted octanol–water partition coefficient (Wildman–Crippen LogP) is 8.93. The van der Waals surface area contributed by atoms with Crippen molar-refractivity contribution in [3.63, 3.8) is 0 Å². The van der Waals surface area contributed by atoms with E-state index in [0.717, 1.165) is 65.0 Å². The van der Waals surface area contributed by atoms with Gasteiger partial charge in [-0.15, -0.1) is 0 Å². The molecule has 0 aromatic heterocycles. The van der Waals surface area contributed by atoms with Crippen LogP contribution in [0.4, 0.5) is 0 Å². The molecule has 1 aromatic carbocycles. The highest BCUT2D eigenvalue weighted by molar-refractivity contribution is 5.95. The fourth-order valence-electron chi connectivity index (χ4n) is 5.16. The Kier molecular flexibility index (Phi) is 24.2. The van der Waals surface area contributed by atoms with E-state index in [4.69, 9.17) is 9.47 Å². The molecule has 0 amide bonds. The first-order chi connectivity index (χ1) is 20.5. The third-order valence-electron chi connectivity index (χ3n) is 7.85. The van der Waals surface area contributed by atoms with Crippen LogP contribution in [0.2, 0.25) is 0 Å². The molecule has 0 unspecified atom stereocenters. The molecule has 0 fully saturated rings. The van der Waals surface area contributed by atoms with Crippen LogP contribution in [0.3, 0.4) is 0 Å². The minimum absolute atomic E-state index is 0.376. The third kappa shape index (κ3) is 19.3. The third-order valence-corrected chi connectivity index (χ3v) is 7.85. The normalized spacial score (nSPS) is 11.4. The summed E-state index contributed by atoms with van der Waals surface area (Å²) in [5, 5.41) is 0. The number of carbonyl (C=O) groups is 2. The van der Waals surface area contributed by atoms with Crippen molar-refractivity contribution in [1.29, 1.82) is 0 Å². The fourth-order valence-corrected chi connectivity index (χ4v) is 5.16. The first kappa shape index (κ1) is 38.1. The van der Waals surface area contributed by atoms with E-state index in [1.54, 1.807) is 24.3 Å². The zero-order valence-electron chi connectivity index (χ0n) is 27.8. The molecular formula is C36H64N2O4. The van der Waals surface area contributed by atoms with Gasteiger partial charge in [-0.1, -0.05) is 85.1 Å². The number of benzene rings is 1. The summed E-state index contributed by atoms with van der Waals surface area (Å²) in [7, 11) is 0. The second kappa shape index (κ2) is 26.7. The van der Waals surface area contributed by atoms with Gasteiger partial charge in [-0.25, -0.2) is 9.59 Å². The second-order valence-corrected chi connectivity index (χ2v) is 11.8. The quantitative estimate of drug-likeness (QED) is 0.0719. The molecule has 0 saturated heterocycles. The highest BCUT2D eigenvalue weighted by Crippen LogP contribution is 2.11. The van der Waals surface area contributed by atoms with E-state index in [0.29, 0.717) is 24.3 Å². The van der Waals surface area contributed by atoms with Gasteiger partial charge >= 0.3 is 11.9 Å². The molecule has 1 rings (SSSR count). The molecule has 1 aromatic rings. The van der Waals surface area contributed by atoms with Gasteiger partial charge in [0, 0.05) is 0 Å². The van der Waals surface area contributed by atoms with Gasteiger partial charge in [0.15, 0.2) is 0 Å². The average molecular weight is 589 g/mol. The van der Waals surface area contributed by atoms with Crippen LogP contribution in [0, 0.1) is 0 Å². The van der Waals surface area contributed by atoms with Crippen LogP contribution in [0.5, 0.6) is 0 Å². The van der Waals surface area contributed by atoms with Gasteiger partial charge in [-0.05, 0) is 109 Å². The monoisotopic (exact) mass is 588 g/mol. The largest absolute Gasteiger partial charge is 0.462 e. The summed E-state index contributed by atoms with van der Waals surface area (Å²) < 4.78 is 11.1. The van der Waals surface area contributed by atoms with Crippen molar-refractivity contribution in [1.82, 2.24) is 9.80 Å². The molecule has 6 nitrogen and oxygen atoms in total. The SMILES string of the molecule is CCCCCN(CCCCC)CCCCOC(=O)c1cccc(C(=O)OCCCCN(CCCCC)CCCCC)c1. The number of hydrogen-bond acceptors (Lipinski definition) is 6. The summed E-state index contributed by atoms with van der Waals surface area (Å²) >= 11 is 0. The van der Waals surface area contributed by atoms with E-state index < -0.39 is 0 Å². The summed E-state index contributed by atoms with van der Waals surface area (Å²) in [5.41, 5.74) is 0.806. The smallest absolute Gasteiger partial charge is 0.338 e. The number of rotatable bonds is 28. The highest BCUT2D eigenvalue weighted by Gasteiger charge is 2.13. The molecule has 0 aliphatic rings. The number of nitrogens with zero attached hydrogens (tertiary/aromatic N) is 2. The standard InChI is InChI=1S/C36H64N2O4/c1-5-9-13-24-37(25-14-10-6-2)28-17-19-30-41-35(39)33-22-21-23-34(32-33)36(40)42-31-20-18-29-38(26-15-11-7-3)27-16-12-8-4/h21-23,32H,5-20,24-31H2,1-4H3. The molecule has 0 aliphatic carbocycles. The van der Waals surface area contributed by atoms with Crippen LogP contribution in [-0.2, 0) is 9.47 Å². The number of hydrogen-bond donors (Lipinski definition) is 0. The lowest BCUT2D eigenvalue weighted by molar-refractivity contribution is 0.0493. The number of ether oxygens (including phenoxy) is 2. The molecule has 42 heavy (non-hydrogen) atoms. The molecule has 242 valence electrons. The van der Waals surface area contributed by atoms with Gasteiger partial charge < -0.3 is 19.3 Å². The zero-order chi connectivity index (χ0) is 30.7. The maximum atomic E-state index is 12.6. The van der Waals surface area contributed by atoms with Crippen molar-refractivity contribution in [2.45, 2.75) is 130 Å². The Morgan fingerprint density at radius 3 is 1.12 bits per heavy atom. The Bertz CT molecular complexity index is 719. The van der Waals surface area contributed by atoms with Gasteiger partial charge in [0.05, 0.1) is 24.3 Å². The van der Waals surface area contributed by atoms with E-state index in [1.807, 2.05) is 0 Å². The van der Waals surface area contributed by atoms with Crippen molar-refractivity contribution in [3.05, 3.63) is 35.4 Å². The van der Waals surface area contributed by atoms with Gasteiger partial charge in [0.25, 0.3) is 0 Å². The van der Waals surface area contributed by atoms with Gasteiger partial charge in [-0.3, -0.25) is 0 Å². The minimum atomic E-state index is -0.376. The Morgan fingerprint density at radius 1 is 0.500 bits per heavy atom. The van der Waals surface area contributed by atoms with E-state index >= 15 is 0 Å². The van der Waals surface area contributed by atoms with Crippen LogP contribution in [0.15, 0.2) is 24.3 Å². The summed E-state index contributed by atoms with van der Waals surface area (Å²) in [6, 6.07) is 6.72. The first-order valence-corrected chi connectivity index (χ1v) is 17.4. The van der Waals surface area contributed by atoms with E-state index in [-0.39, 0.29) is 11.9 Å². The molecule has 0 bridgehead atoms. The molecular weight excluding hydrogens is 524 g/mol. The van der Waals surface area contributed by atoms with E-state index in [9.17, 15) is 9.59 Å². The zero-order valence-corrected chi connectivity index (χ0v) is 27.8. The topological polar surface area (TPSA) is 59.1 Å². The Hall–Kier alpha value is -1.92. The van der Waals surface area contributed by atoms with Crippen molar-refractivity contribution in [2.24, 2.45) is 0 Å².